The van der Waals surface area contributed by atoms with Crippen molar-refractivity contribution in [3.05, 3.63) is 29.8 Å². The molecular formula is C17H26N2O2. The van der Waals surface area contributed by atoms with Gasteiger partial charge in [0.15, 0.2) is 0 Å². The fraction of sp³-hybridized carbons (Fsp3) is 0.588. The molecule has 0 bridgehead atoms. The second-order valence-corrected chi connectivity index (χ2v) is 5.80. The number of nitrogens with one attached hydrogen (secondary N) is 1. The van der Waals surface area contributed by atoms with Crippen molar-refractivity contribution in [3.8, 4) is 5.75 Å². The van der Waals surface area contributed by atoms with Crippen LogP contribution in [0.2, 0.25) is 0 Å². The third-order valence-corrected chi connectivity index (χ3v) is 4.24. The third kappa shape index (κ3) is 3.76. The second-order valence-electron chi connectivity index (χ2n) is 5.80. The average Bonchev–Trinajstić information content (AvgIpc) is 2.95. The van der Waals surface area contributed by atoms with Gasteiger partial charge in [-0.2, -0.15) is 0 Å². The van der Waals surface area contributed by atoms with E-state index in [4.69, 9.17) is 4.74 Å². The van der Waals surface area contributed by atoms with E-state index in [0.29, 0.717) is 6.04 Å². The van der Waals surface area contributed by atoms with Crippen LogP contribution in [0.5, 0.6) is 5.75 Å². The minimum absolute atomic E-state index is 0.0354. The molecule has 0 aliphatic carbocycles. The van der Waals surface area contributed by atoms with Gasteiger partial charge in [-0.25, -0.2) is 0 Å². The molecule has 4 heteroatoms. The summed E-state index contributed by atoms with van der Waals surface area (Å²) in [5.74, 6) is 1.22. The normalized spacial score (nSPS) is 19.6. The molecule has 1 saturated heterocycles. The van der Waals surface area contributed by atoms with Crippen LogP contribution in [0.4, 0.5) is 0 Å². The number of para-hydroxylation sites is 1. The predicted molar refractivity (Wildman–Crippen MR) is 84.5 cm³/mol. The zero-order chi connectivity index (χ0) is 15.2. The Morgan fingerprint density at radius 3 is 2.95 bits per heavy atom. The lowest BCUT2D eigenvalue weighted by atomic mass is 10.0. The van der Waals surface area contributed by atoms with E-state index >= 15 is 0 Å². The highest BCUT2D eigenvalue weighted by atomic mass is 16.5. The molecule has 1 N–H and O–H groups in total. The van der Waals surface area contributed by atoms with Gasteiger partial charge in [-0.05, 0) is 37.9 Å². The van der Waals surface area contributed by atoms with E-state index in [1.165, 1.54) is 5.56 Å². The van der Waals surface area contributed by atoms with Gasteiger partial charge in [0.2, 0.25) is 5.91 Å². The van der Waals surface area contributed by atoms with Gasteiger partial charge in [0.25, 0.3) is 0 Å². The van der Waals surface area contributed by atoms with Crippen LogP contribution in [-0.4, -0.2) is 44.1 Å². The van der Waals surface area contributed by atoms with Crippen LogP contribution in [0.1, 0.15) is 25.3 Å². The first-order valence-electron chi connectivity index (χ1n) is 7.74. The number of amides is 1. The molecule has 116 valence electrons. The molecule has 1 amide bonds. The Kier molecular flexibility index (Phi) is 5.62. The summed E-state index contributed by atoms with van der Waals surface area (Å²) in [5.41, 5.74) is 1.19. The van der Waals surface area contributed by atoms with Gasteiger partial charge in [-0.3, -0.25) is 4.79 Å². The number of methoxy groups -OCH3 is 1. The van der Waals surface area contributed by atoms with Crippen LogP contribution in [0, 0.1) is 5.92 Å². The predicted octanol–water partition coefficient (Wildman–Crippen LogP) is 2.08. The average molecular weight is 290 g/mol. The number of hydrogen-bond acceptors (Lipinski definition) is 3. The largest absolute Gasteiger partial charge is 0.496 e. The zero-order valence-electron chi connectivity index (χ0n) is 13.3. The summed E-state index contributed by atoms with van der Waals surface area (Å²) in [6, 6.07) is 8.39. The third-order valence-electron chi connectivity index (χ3n) is 4.24. The first-order chi connectivity index (χ1) is 10.2. The second kappa shape index (κ2) is 7.46. The van der Waals surface area contributed by atoms with E-state index in [1.807, 2.05) is 32.2 Å². The van der Waals surface area contributed by atoms with E-state index in [2.05, 4.69) is 16.3 Å². The molecule has 1 aromatic rings. The lowest BCUT2D eigenvalue weighted by Gasteiger charge is -2.28. The molecule has 1 aromatic carbocycles. The lowest BCUT2D eigenvalue weighted by Crippen LogP contribution is -2.42. The van der Waals surface area contributed by atoms with E-state index < -0.39 is 0 Å². The molecule has 1 aliphatic heterocycles. The topological polar surface area (TPSA) is 41.6 Å². The highest BCUT2D eigenvalue weighted by Crippen LogP contribution is 2.27. The number of carbonyl (C=O) groups excluding carboxylic acids is 1. The van der Waals surface area contributed by atoms with Gasteiger partial charge < -0.3 is 15.0 Å². The summed E-state index contributed by atoms with van der Waals surface area (Å²) in [7, 11) is 3.59. The zero-order valence-corrected chi connectivity index (χ0v) is 13.3. The van der Waals surface area contributed by atoms with Crippen molar-refractivity contribution in [2.75, 3.05) is 27.2 Å². The molecule has 2 unspecified atom stereocenters. The van der Waals surface area contributed by atoms with Gasteiger partial charge in [0.05, 0.1) is 7.11 Å². The summed E-state index contributed by atoms with van der Waals surface area (Å²) in [6.45, 7) is 3.61. The Labute approximate surface area is 127 Å². The number of hydrogen-bond donors (Lipinski definition) is 1. The summed E-state index contributed by atoms with van der Waals surface area (Å²) >= 11 is 0. The molecular weight excluding hydrogens is 264 g/mol. The maximum atomic E-state index is 12.5. The number of likely N-dealkylation sites (tertiary alicyclic amines) is 1. The van der Waals surface area contributed by atoms with Crippen LogP contribution >= 0.6 is 0 Å². The Morgan fingerprint density at radius 2 is 2.24 bits per heavy atom. The van der Waals surface area contributed by atoms with Crippen LogP contribution in [0.3, 0.4) is 0 Å². The summed E-state index contributed by atoms with van der Waals surface area (Å²) in [6.07, 6.45) is 3.05. The molecule has 2 atom stereocenters. The Hall–Kier alpha value is -1.55. The summed E-state index contributed by atoms with van der Waals surface area (Å²) < 4.78 is 5.42. The molecule has 21 heavy (non-hydrogen) atoms. The molecule has 4 nitrogen and oxygen atoms in total. The standard InChI is InChI=1S/C17H26N2O2/c1-13(12-18-2)17(20)19-10-6-8-15(19)11-14-7-4-5-9-16(14)21-3/h4-5,7,9,13,15,18H,6,8,10-12H2,1-3H3. The fourth-order valence-corrected chi connectivity index (χ4v) is 3.14. The quantitative estimate of drug-likeness (QED) is 0.872. The number of ether oxygens (including phenoxy) is 1. The number of nitrogens with zero attached hydrogens (tertiary/aromatic N) is 1. The van der Waals surface area contributed by atoms with Crippen molar-refractivity contribution in [1.82, 2.24) is 10.2 Å². The molecule has 0 spiro atoms. The molecule has 1 heterocycles. The minimum atomic E-state index is 0.0354. The van der Waals surface area contributed by atoms with Gasteiger partial charge in [-0.15, -0.1) is 0 Å². The molecule has 0 saturated carbocycles. The Morgan fingerprint density at radius 1 is 1.48 bits per heavy atom. The van der Waals surface area contributed by atoms with E-state index in [-0.39, 0.29) is 11.8 Å². The molecule has 0 radical (unpaired) electrons. The number of benzene rings is 1. The van der Waals surface area contributed by atoms with Crippen molar-refractivity contribution in [2.45, 2.75) is 32.2 Å². The fourth-order valence-electron chi connectivity index (χ4n) is 3.14. The molecule has 2 rings (SSSR count). The van der Waals surface area contributed by atoms with E-state index in [1.54, 1.807) is 7.11 Å². The highest BCUT2D eigenvalue weighted by Gasteiger charge is 2.31. The van der Waals surface area contributed by atoms with Crippen molar-refractivity contribution in [3.63, 3.8) is 0 Å². The van der Waals surface area contributed by atoms with Crippen molar-refractivity contribution < 1.29 is 9.53 Å². The Balaban J connectivity index is 2.06. The van der Waals surface area contributed by atoms with Gasteiger partial charge >= 0.3 is 0 Å². The minimum Gasteiger partial charge on any atom is -0.496 e. The number of carbonyl (C=O) groups is 1. The first-order valence-corrected chi connectivity index (χ1v) is 7.74. The maximum absolute atomic E-state index is 12.5. The SMILES string of the molecule is CNCC(C)C(=O)N1CCCC1Cc1ccccc1OC. The van der Waals surface area contributed by atoms with Crippen LogP contribution in [0.25, 0.3) is 0 Å². The van der Waals surface area contributed by atoms with Gasteiger partial charge in [0, 0.05) is 25.0 Å². The van der Waals surface area contributed by atoms with Crippen molar-refractivity contribution in [1.29, 1.82) is 0 Å². The first kappa shape index (κ1) is 15.8. The van der Waals surface area contributed by atoms with Crippen LogP contribution in [0.15, 0.2) is 24.3 Å². The maximum Gasteiger partial charge on any atom is 0.226 e. The van der Waals surface area contributed by atoms with E-state index in [0.717, 1.165) is 38.1 Å². The lowest BCUT2D eigenvalue weighted by molar-refractivity contribution is -0.135. The Bertz CT molecular complexity index is 476. The van der Waals surface area contributed by atoms with Gasteiger partial charge in [0.1, 0.15) is 5.75 Å². The van der Waals surface area contributed by atoms with Crippen molar-refractivity contribution >= 4 is 5.91 Å². The van der Waals surface area contributed by atoms with Crippen molar-refractivity contribution in [2.24, 2.45) is 5.92 Å². The van der Waals surface area contributed by atoms with Gasteiger partial charge in [-0.1, -0.05) is 25.1 Å². The number of rotatable bonds is 6. The summed E-state index contributed by atoms with van der Waals surface area (Å²) in [5, 5.41) is 3.09. The molecule has 0 aromatic heterocycles. The molecule has 1 aliphatic rings. The van der Waals surface area contributed by atoms with E-state index in [9.17, 15) is 4.79 Å². The monoisotopic (exact) mass is 290 g/mol. The highest BCUT2D eigenvalue weighted by molar-refractivity contribution is 5.79. The summed E-state index contributed by atoms with van der Waals surface area (Å²) in [4.78, 5) is 14.6. The molecule has 1 fully saturated rings. The van der Waals surface area contributed by atoms with Crippen LogP contribution < -0.4 is 10.1 Å². The smallest absolute Gasteiger partial charge is 0.226 e. The van der Waals surface area contributed by atoms with Crippen LogP contribution in [-0.2, 0) is 11.2 Å².